The number of carbonyl (C=O) groups is 1. The summed E-state index contributed by atoms with van der Waals surface area (Å²) < 4.78 is 0. The maximum Gasteiger partial charge on any atom is 0.303 e. The molecule has 19 heavy (non-hydrogen) atoms. The van der Waals surface area contributed by atoms with Crippen LogP contribution in [-0.4, -0.2) is 11.1 Å². The molecule has 0 amide bonds. The van der Waals surface area contributed by atoms with E-state index in [1.807, 2.05) is 0 Å². The van der Waals surface area contributed by atoms with Crippen LogP contribution in [0, 0.1) is 5.92 Å². The van der Waals surface area contributed by atoms with Gasteiger partial charge in [-0.25, -0.2) is 0 Å². The predicted octanol–water partition coefficient (Wildman–Crippen LogP) is 4.56. The van der Waals surface area contributed by atoms with Gasteiger partial charge < -0.3 is 5.11 Å². The molecule has 104 valence electrons. The number of aliphatic carboxylic acids is 1. The third kappa shape index (κ3) is 3.59. The Morgan fingerprint density at radius 3 is 2.11 bits per heavy atom. The van der Waals surface area contributed by atoms with E-state index in [0.29, 0.717) is 11.8 Å². The topological polar surface area (TPSA) is 37.3 Å². The van der Waals surface area contributed by atoms with Gasteiger partial charge in [0.05, 0.1) is 6.42 Å². The molecule has 2 nitrogen and oxygen atoms in total. The maximum absolute atomic E-state index is 11.0. The van der Waals surface area contributed by atoms with Crippen molar-refractivity contribution in [2.75, 3.05) is 0 Å². The summed E-state index contributed by atoms with van der Waals surface area (Å²) >= 11 is 0. The van der Waals surface area contributed by atoms with Crippen LogP contribution >= 0.6 is 0 Å². The van der Waals surface area contributed by atoms with Crippen LogP contribution in [0.2, 0.25) is 0 Å². The van der Waals surface area contributed by atoms with Gasteiger partial charge in [0.2, 0.25) is 0 Å². The number of rotatable bonds is 7. The average molecular weight is 260 g/mol. The van der Waals surface area contributed by atoms with E-state index in [0.717, 1.165) is 12.8 Å². The third-order valence-electron chi connectivity index (χ3n) is 4.41. The molecule has 2 rings (SSSR count). The minimum absolute atomic E-state index is 0.216. The monoisotopic (exact) mass is 260 g/mol. The van der Waals surface area contributed by atoms with Crippen molar-refractivity contribution in [3.63, 3.8) is 0 Å². The highest BCUT2D eigenvalue weighted by molar-refractivity contribution is 5.68. The molecular weight excluding hydrogens is 236 g/mol. The fraction of sp³-hybridized carbons (Fsp3) is 0.588. The van der Waals surface area contributed by atoms with Gasteiger partial charge in [-0.1, -0.05) is 38.1 Å². The van der Waals surface area contributed by atoms with Gasteiger partial charge in [0.15, 0.2) is 0 Å². The van der Waals surface area contributed by atoms with Crippen molar-refractivity contribution >= 4 is 5.97 Å². The van der Waals surface area contributed by atoms with E-state index < -0.39 is 5.97 Å². The van der Waals surface area contributed by atoms with Crippen LogP contribution in [0.1, 0.15) is 68.9 Å². The first-order valence-corrected chi connectivity index (χ1v) is 7.47. The van der Waals surface area contributed by atoms with Gasteiger partial charge in [-0.15, -0.1) is 0 Å². The molecule has 0 aliphatic heterocycles. The Morgan fingerprint density at radius 2 is 1.68 bits per heavy atom. The highest BCUT2D eigenvalue weighted by Gasteiger charge is 2.33. The molecule has 0 aromatic heterocycles. The molecule has 0 bridgehead atoms. The molecule has 0 spiro atoms. The quantitative estimate of drug-likeness (QED) is 0.780. The molecule has 2 heteroatoms. The zero-order chi connectivity index (χ0) is 13.8. The Bertz CT molecular complexity index is 413. The minimum atomic E-state index is -0.680. The molecule has 1 fully saturated rings. The van der Waals surface area contributed by atoms with E-state index in [2.05, 4.69) is 38.1 Å². The van der Waals surface area contributed by atoms with Gasteiger partial charge in [-0.3, -0.25) is 4.79 Å². The maximum atomic E-state index is 11.0. The normalized spacial score (nSPS) is 16.6. The van der Waals surface area contributed by atoms with Crippen molar-refractivity contribution < 1.29 is 9.90 Å². The largest absolute Gasteiger partial charge is 0.481 e. The van der Waals surface area contributed by atoms with Gasteiger partial charge in [0.25, 0.3) is 0 Å². The molecule has 1 saturated carbocycles. The van der Waals surface area contributed by atoms with Crippen molar-refractivity contribution in [1.29, 1.82) is 0 Å². The molecule has 1 unspecified atom stereocenters. The third-order valence-corrected chi connectivity index (χ3v) is 4.41. The van der Waals surface area contributed by atoms with Crippen LogP contribution in [0.15, 0.2) is 24.3 Å². The number of carboxylic acid groups (broad SMARTS) is 1. The summed E-state index contributed by atoms with van der Waals surface area (Å²) in [6, 6.07) is 8.70. The smallest absolute Gasteiger partial charge is 0.303 e. The first-order chi connectivity index (χ1) is 9.15. The Kier molecular flexibility index (Phi) is 4.62. The highest BCUT2D eigenvalue weighted by atomic mass is 16.4. The van der Waals surface area contributed by atoms with E-state index in [1.54, 1.807) is 0 Å². The SMILES string of the molecule is CCC(CC)c1ccc(C(CC(=O)O)C2CC2)cc1. The van der Waals surface area contributed by atoms with Crippen molar-refractivity contribution in [1.82, 2.24) is 0 Å². The van der Waals surface area contributed by atoms with Crippen molar-refractivity contribution in [2.45, 2.75) is 57.8 Å². The van der Waals surface area contributed by atoms with E-state index in [9.17, 15) is 4.79 Å². The zero-order valence-electron chi connectivity index (χ0n) is 11.9. The van der Waals surface area contributed by atoms with Gasteiger partial charge in [-0.2, -0.15) is 0 Å². The molecule has 0 saturated heterocycles. The lowest BCUT2D eigenvalue weighted by Gasteiger charge is -2.17. The lowest BCUT2D eigenvalue weighted by Crippen LogP contribution is -2.08. The van der Waals surface area contributed by atoms with Gasteiger partial charge >= 0.3 is 5.97 Å². The van der Waals surface area contributed by atoms with Crippen LogP contribution in [0.3, 0.4) is 0 Å². The Labute approximate surface area is 115 Å². The van der Waals surface area contributed by atoms with Crippen molar-refractivity contribution in [3.8, 4) is 0 Å². The van der Waals surface area contributed by atoms with E-state index in [4.69, 9.17) is 5.11 Å². The standard InChI is InChI=1S/C17H24O2/c1-3-12(4-2)13-5-7-14(8-6-13)16(11-17(18)19)15-9-10-15/h5-8,12,15-16H,3-4,9-11H2,1-2H3,(H,18,19). The molecule has 1 aromatic rings. The summed E-state index contributed by atoms with van der Waals surface area (Å²) in [6.45, 7) is 4.44. The molecular formula is C17H24O2. The van der Waals surface area contributed by atoms with Crippen LogP contribution in [0.4, 0.5) is 0 Å². The Balaban J connectivity index is 2.13. The second kappa shape index (κ2) is 6.23. The summed E-state index contributed by atoms with van der Waals surface area (Å²) in [5.74, 6) is 0.761. The Hall–Kier alpha value is -1.31. The van der Waals surface area contributed by atoms with E-state index in [-0.39, 0.29) is 12.3 Å². The second-order valence-corrected chi connectivity index (χ2v) is 5.72. The van der Waals surface area contributed by atoms with Gasteiger partial charge in [0.1, 0.15) is 0 Å². The van der Waals surface area contributed by atoms with Crippen LogP contribution in [0.25, 0.3) is 0 Å². The predicted molar refractivity (Wildman–Crippen MR) is 77.5 cm³/mol. The molecule has 1 aliphatic carbocycles. The summed E-state index contributed by atoms with van der Waals surface area (Å²) in [4.78, 5) is 11.0. The van der Waals surface area contributed by atoms with Crippen LogP contribution in [-0.2, 0) is 4.79 Å². The van der Waals surface area contributed by atoms with Gasteiger partial charge in [0, 0.05) is 0 Å². The number of carboxylic acids is 1. The molecule has 1 aromatic carbocycles. The van der Waals surface area contributed by atoms with E-state index >= 15 is 0 Å². The number of hydrogen-bond donors (Lipinski definition) is 1. The zero-order valence-corrected chi connectivity index (χ0v) is 11.9. The number of benzene rings is 1. The summed E-state index contributed by atoms with van der Waals surface area (Å²) in [5.41, 5.74) is 2.60. The minimum Gasteiger partial charge on any atom is -0.481 e. The Morgan fingerprint density at radius 1 is 1.16 bits per heavy atom. The first-order valence-electron chi connectivity index (χ1n) is 7.47. The first kappa shape index (κ1) is 14.1. The molecule has 1 N–H and O–H groups in total. The second-order valence-electron chi connectivity index (χ2n) is 5.72. The molecule has 1 atom stereocenters. The average Bonchev–Trinajstić information content (AvgIpc) is 3.22. The number of hydrogen-bond acceptors (Lipinski definition) is 1. The molecule has 0 radical (unpaired) electrons. The lowest BCUT2D eigenvalue weighted by molar-refractivity contribution is -0.137. The van der Waals surface area contributed by atoms with Crippen molar-refractivity contribution in [2.24, 2.45) is 5.92 Å². The van der Waals surface area contributed by atoms with Crippen LogP contribution < -0.4 is 0 Å². The summed E-state index contributed by atoms with van der Waals surface area (Å²) in [5, 5.41) is 9.04. The molecule has 0 heterocycles. The summed E-state index contributed by atoms with van der Waals surface area (Å²) in [6.07, 6.45) is 4.97. The molecule has 1 aliphatic rings. The lowest BCUT2D eigenvalue weighted by atomic mass is 9.88. The fourth-order valence-corrected chi connectivity index (χ4v) is 3.02. The van der Waals surface area contributed by atoms with Crippen LogP contribution in [0.5, 0.6) is 0 Å². The van der Waals surface area contributed by atoms with E-state index in [1.165, 1.54) is 24.0 Å². The fourth-order valence-electron chi connectivity index (χ4n) is 3.02. The highest BCUT2D eigenvalue weighted by Crippen LogP contribution is 2.44. The van der Waals surface area contributed by atoms with Crippen molar-refractivity contribution in [3.05, 3.63) is 35.4 Å². The van der Waals surface area contributed by atoms with Gasteiger partial charge in [-0.05, 0) is 54.6 Å². The summed E-state index contributed by atoms with van der Waals surface area (Å²) in [7, 11) is 0.